The number of amides is 1. The van der Waals surface area contributed by atoms with Gasteiger partial charge in [-0.15, -0.1) is 0 Å². The first kappa shape index (κ1) is 17.0. The number of para-hydroxylation sites is 2. The number of carbonyl (C=O) groups is 1. The van der Waals surface area contributed by atoms with Gasteiger partial charge in [-0.1, -0.05) is 18.2 Å². The second kappa shape index (κ2) is 7.75. The number of rotatable bonds is 5. The minimum absolute atomic E-state index is 0.0982. The molecule has 1 amide bonds. The molecule has 2 rings (SSSR count). The number of nitrogens with one attached hydrogen (secondary N) is 1. The lowest BCUT2D eigenvalue weighted by molar-refractivity contribution is -0.115. The van der Waals surface area contributed by atoms with Gasteiger partial charge in [0.15, 0.2) is 6.10 Å². The van der Waals surface area contributed by atoms with Crippen LogP contribution >= 0.6 is 15.9 Å². The number of carbonyl (C=O) groups excluding carboxylic acids is 1. The molecule has 0 aliphatic rings. The number of hydrogen-bond donors (Lipinski definition) is 1. The van der Waals surface area contributed by atoms with Crippen molar-refractivity contribution in [2.75, 3.05) is 5.32 Å². The SMILES string of the molecule is C[C@H](C#N)Oc1ccccc1NC(=O)Cc1ccc(F)c(Br)c1. The maximum atomic E-state index is 13.2. The lowest BCUT2D eigenvalue weighted by Gasteiger charge is -2.13. The molecule has 0 radical (unpaired) electrons. The summed E-state index contributed by atoms with van der Waals surface area (Å²) in [7, 11) is 0. The molecule has 6 heteroatoms. The monoisotopic (exact) mass is 376 g/mol. The molecule has 0 bridgehead atoms. The summed E-state index contributed by atoms with van der Waals surface area (Å²) in [4.78, 5) is 12.1. The quantitative estimate of drug-likeness (QED) is 0.855. The Morgan fingerprint density at radius 1 is 1.39 bits per heavy atom. The normalized spacial score (nSPS) is 11.4. The Balaban J connectivity index is 2.08. The summed E-state index contributed by atoms with van der Waals surface area (Å²) in [6.07, 6.45) is -0.526. The van der Waals surface area contributed by atoms with E-state index in [0.29, 0.717) is 21.5 Å². The number of nitriles is 1. The predicted molar refractivity (Wildman–Crippen MR) is 88.6 cm³/mol. The number of ether oxygens (including phenoxy) is 1. The lowest BCUT2D eigenvalue weighted by atomic mass is 10.1. The highest BCUT2D eigenvalue weighted by Crippen LogP contribution is 2.25. The zero-order valence-electron chi connectivity index (χ0n) is 12.3. The van der Waals surface area contributed by atoms with E-state index in [-0.39, 0.29) is 18.1 Å². The summed E-state index contributed by atoms with van der Waals surface area (Å²) in [5.41, 5.74) is 1.17. The van der Waals surface area contributed by atoms with E-state index in [1.54, 1.807) is 43.3 Å². The molecule has 1 atom stereocenters. The second-order valence-electron chi connectivity index (χ2n) is 4.86. The van der Waals surface area contributed by atoms with Crippen molar-refractivity contribution in [3.8, 4) is 11.8 Å². The second-order valence-corrected chi connectivity index (χ2v) is 5.71. The van der Waals surface area contributed by atoms with Gasteiger partial charge in [0.2, 0.25) is 5.91 Å². The van der Waals surface area contributed by atoms with Gasteiger partial charge in [0.25, 0.3) is 0 Å². The van der Waals surface area contributed by atoms with Crippen LogP contribution in [0, 0.1) is 17.1 Å². The van der Waals surface area contributed by atoms with Crippen molar-refractivity contribution in [2.45, 2.75) is 19.4 Å². The fourth-order valence-electron chi connectivity index (χ4n) is 1.92. The first-order chi connectivity index (χ1) is 11.0. The molecule has 1 N–H and O–H groups in total. The summed E-state index contributed by atoms with van der Waals surface area (Å²) in [5.74, 6) is -0.210. The molecule has 0 saturated heterocycles. The molecule has 4 nitrogen and oxygen atoms in total. The molecule has 0 fully saturated rings. The van der Waals surface area contributed by atoms with Gasteiger partial charge in [0.1, 0.15) is 17.6 Å². The lowest BCUT2D eigenvalue weighted by Crippen LogP contribution is -2.16. The van der Waals surface area contributed by atoms with Crippen LogP contribution in [0.4, 0.5) is 10.1 Å². The maximum absolute atomic E-state index is 13.2. The van der Waals surface area contributed by atoms with Crippen molar-refractivity contribution in [3.63, 3.8) is 0 Å². The first-order valence-electron chi connectivity index (χ1n) is 6.88. The van der Waals surface area contributed by atoms with E-state index in [2.05, 4.69) is 21.2 Å². The maximum Gasteiger partial charge on any atom is 0.228 e. The minimum Gasteiger partial charge on any atom is -0.474 e. The third-order valence-corrected chi connectivity index (χ3v) is 3.60. The number of nitrogens with zero attached hydrogens (tertiary/aromatic N) is 1. The van der Waals surface area contributed by atoms with Gasteiger partial charge in [-0.2, -0.15) is 5.26 Å². The van der Waals surface area contributed by atoms with Gasteiger partial charge in [-0.25, -0.2) is 4.39 Å². The number of hydrogen-bond acceptors (Lipinski definition) is 3. The Morgan fingerprint density at radius 3 is 2.83 bits per heavy atom. The number of benzene rings is 2. The van der Waals surface area contributed by atoms with Crippen LogP contribution in [0.1, 0.15) is 12.5 Å². The summed E-state index contributed by atoms with van der Waals surface area (Å²) >= 11 is 3.09. The highest BCUT2D eigenvalue weighted by Gasteiger charge is 2.11. The molecule has 0 aliphatic heterocycles. The molecule has 0 unspecified atom stereocenters. The van der Waals surface area contributed by atoms with Crippen LogP contribution in [0.5, 0.6) is 5.75 Å². The molecular weight excluding hydrogens is 363 g/mol. The van der Waals surface area contributed by atoms with Gasteiger partial charge < -0.3 is 10.1 Å². The zero-order chi connectivity index (χ0) is 16.8. The van der Waals surface area contributed by atoms with Crippen molar-refractivity contribution < 1.29 is 13.9 Å². The van der Waals surface area contributed by atoms with E-state index in [1.165, 1.54) is 6.07 Å². The van der Waals surface area contributed by atoms with Crippen LogP contribution in [0.2, 0.25) is 0 Å². The van der Waals surface area contributed by atoms with Crippen LogP contribution in [-0.2, 0) is 11.2 Å². The van der Waals surface area contributed by atoms with Crippen molar-refractivity contribution in [3.05, 3.63) is 58.3 Å². The van der Waals surface area contributed by atoms with Gasteiger partial charge in [-0.05, 0) is 52.7 Å². The van der Waals surface area contributed by atoms with E-state index in [0.717, 1.165) is 0 Å². The Labute approximate surface area is 142 Å². The third kappa shape index (κ3) is 4.80. The average Bonchev–Trinajstić information content (AvgIpc) is 2.52. The summed E-state index contributed by atoms with van der Waals surface area (Å²) in [5, 5.41) is 11.6. The largest absolute Gasteiger partial charge is 0.474 e. The van der Waals surface area contributed by atoms with Gasteiger partial charge >= 0.3 is 0 Å². The fraction of sp³-hybridized carbons (Fsp3) is 0.176. The molecule has 2 aromatic rings. The van der Waals surface area contributed by atoms with Gasteiger partial charge in [0, 0.05) is 0 Å². The van der Waals surface area contributed by atoms with Crippen LogP contribution in [-0.4, -0.2) is 12.0 Å². The summed E-state index contributed by atoms with van der Waals surface area (Å²) in [6.45, 7) is 1.62. The topological polar surface area (TPSA) is 62.1 Å². The molecule has 23 heavy (non-hydrogen) atoms. The Bertz CT molecular complexity index is 758. The average molecular weight is 377 g/mol. The predicted octanol–water partition coefficient (Wildman–Crippen LogP) is 4.06. The van der Waals surface area contributed by atoms with Crippen molar-refractivity contribution in [2.24, 2.45) is 0 Å². The molecule has 0 aliphatic carbocycles. The van der Waals surface area contributed by atoms with Gasteiger partial charge in [0.05, 0.1) is 16.6 Å². The molecule has 0 saturated carbocycles. The fourth-order valence-corrected chi connectivity index (χ4v) is 2.35. The van der Waals surface area contributed by atoms with Crippen molar-refractivity contribution in [1.82, 2.24) is 0 Å². The van der Waals surface area contributed by atoms with E-state index in [1.807, 2.05) is 6.07 Å². The molecule has 0 heterocycles. The standard InChI is InChI=1S/C17H14BrFN2O2/c1-11(10-20)23-16-5-3-2-4-15(16)21-17(22)9-12-6-7-14(19)13(18)8-12/h2-8,11H,9H2,1H3,(H,21,22)/t11-/m1/s1. The first-order valence-corrected chi connectivity index (χ1v) is 7.68. The molecule has 0 aromatic heterocycles. The van der Waals surface area contributed by atoms with Crippen molar-refractivity contribution >= 4 is 27.5 Å². The Hall–Kier alpha value is -2.39. The van der Waals surface area contributed by atoms with E-state index in [4.69, 9.17) is 10.00 Å². The van der Waals surface area contributed by atoms with Gasteiger partial charge in [-0.3, -0.25) is 4.79 Å². The number of halogens is 2. The molecule has 2 aromatic carbocycles. The Morgan fingerprint density at radius 2 is 2.13 bits per heavy atom. The van der Waals surface area contributed by atoms with Crippen LogP contribution in [0.3, 0.4) is 0 Å². The molecule has 118 valence electrons. The van der Waals surface area contributed by atoms with E-state index in [9.17, 15) is 9.18 Å². The highest BCUT2D eigenvalue weighted by atomic mass is 79.9. The zero-order valence-corrected chi connectivity index (χ0v) is 13.9. The number of anilines is 1. The molecular formula is C17H14BrFN2O2. The van der Waals surface area contributed by atoms with Crippen LogP contribution in [0.25, 0.3) is 0 Å². The summed E-state index contributed by atoms with van der Waals surface area (Å²) < 4.78 is 19.0. The Kier molecular flexibility index (Phi) is 5.72. The van der Waals surface area contributed by atoms with E-state index < -0.39 is 6.10 Å². The third-order valence-electron chi connectivity index (χ3n) is 3.00. The summed E-state index contributed by atoms with van der Waals surface area (Å²) in [6, 6.07) is 13.3. The van der Waals surface area contributed by atoms with Crippen LogP contribution in [0.15, 0.2) is 46.9 Å². The smallest absolute Gasteiger partial charge is 0.228 e. The van der Waals surface area contributed by atoms with Crippen molar-refractivity contribution in [1.29, 1.82) is 5.26 Å². The van der Waals surface area contributed by atoms with E-state index >= 15 is 0 Å². The molecule has 0 spiro atoms. The minimum atomic E-state index is -0.624. The van der Waals surface area contributed by atoms with Crippen LogP contribution < -0.4 is 10.1 Å². The highest BCUT2D eigenvalue weighted by molar-refractivity contribution is 9.10.